The number of hydrogen-bond acceptors (Lipinski definition) is 0. The molecular formula is C18H34. The van der Waals surface area contributed by atoms with E-state index in [9.17, 15) is 0 Å². The van der Waals surface area contributed by atoms with Crippen molar-refractivity contribution in [3.8, 4) is 0 Å². The van der Waals surface area contributed by atoms with Gasteiger partial charge in [-0.1, -0.05) is 70.6 Å². The maximum atomic E-state index is 3.75. The van der Waals surface area contributed by atoms with E-state index in [1.807, 2.05) is 6.08 Å². The molecule has 0 aromatic heterocycles. The van der Waals surface area contributed by atoms with Crippen molar-refractivity contribution in [2.75, 3.05) is 0 Å². The highest BCUT2D eigenvalue weighted by molar-refractivity contribution is 4.82. The summed E-state index contributed by atoms with van der Waals surface area (Å²) < 4.78 is 0. The zero-order valence-corrected chi connectivity index (χ0v) is 12.8. The highest BCUT2D eigenvalue weighted by Crippen LogP contribution is 2.11. The van der Waals surface area contributed by atoms with E-state index in [0.29, 0.717) is 0 Å². The Morgan fingerprint density at radius 2 is 1.22 bits per heavy atom. The van der Waals surface area contributed by atoms with E-state index in [0.717, 1.165) is 5.92 Å². The second-order valence-corrected chi connectivity index (χ2v) is 5.80. The van der Waals surface area contributed by atoms with Crippen LogP contribution in [0.2, 0.25) is 0 Å². The van der Waals surface area contributed by atoms with Gasteiger partial charge in [0, 0.05) is 0 Å². The Morgan fingerprint density at radius 3 is 1.72 bits per heavy atom. The fraction of sp³-hybridized carbons (Fsp3) is 0.778. The summed E-state index contributed by atoms with van der Waals surface area (Å²) in [6, 6.07) is 0. The summed E-state index contributed by atoms with van der Waals surface area (Å²) in [6.45, 7) is 8.31. The van der Waals surface area contributed by atoms with Crippen LogP contribution in [0.25, 0.3) is 0 Å². The average molecular weight is 250 g/mol. The van der Waals surface area contributed by atoms with Gasteiger partial charge in [-0.05, 0) is 38.0 Å². The third-order valence-corrected chi connectivity index (χ3v) is 3.30. The lowest BCUT2D eigenvalue weighted by molar-refractivity contribution is 0.571. The van der Waals surface area contributed by atoms with Crippen molar-refractivity contribution in [3.63, 3.8) is 0 Å². The molecule has 0 aromatic rings. The molecule has 18 heavy (non-hydrogen) atoms. The lowest BCUT2D eigenvalue weighted by Gasteiger charge is -2.01. The molecule has 0 rings (SSSR count). The van der Waals surface area contributed by atoms with Gasteiger partial charge in [0.05, 0.1) is 0 Å². The van der Waals surface area contributed by atoms with Crippen LogP contribution in [-0.2, 0) is 0 Å². The highest BCUT2D eigenvalue weighted by Gasteiger charge is 1.91. The predicted molar refractivity (Wildman–Crippen MR) is 85.0 cm³/mol. The molecule has 0 aliphatic rings. The first-order valence-electron chi connectivity index (χ1n) is 8.03. The van der Waals surface area contributed by atoms with Gasteiger partial charge >= 0.3 is 0 Å². The Labute approximate surface area is 116 Å². The van der Waals surface area contributed by atoms with Gasteiger partial charge in [-0.2, -0.15) is 0 Å². The van der Waals surface area contributed by atoms with Crippen LogP contribution >= 0.6 is 0 Å². The molecular weight excluding hydrogens is 216 g/mol. The van der Waals surface area contributed by atoms with Gasteiger partial charge in [-0.3, -0.25) is 0 Å². The van der Waals surface area contributed by atoms with E-state index < -0.39 is 0 Å². The summed E-state index contributed by atoms with van der Waals surface area (Å²) in [5, 5.41) is 0. The summed E-state index contributed by atoms with van der Waals surface area (Å²) in [5.41, 5.74) is 0. The number of hydrogen-bond donors (Lipinski definition) is 0. The molecule has 0 radical (unpaired) electrons. The SMILES string of the molecule is C=CCCCCCCCCCCC=CCC(C)C. The topological polar surface area (TPSA) is 0 Å². The molecule has 0 N–H and O–H groups in total. The average Bonchev–Trinajstić information content (AvgIpc) is 2.34. The molecule has 0 fully saturated rings. The summed E-state index contributed by atoms with van der Waals surface area (Å²) in [5.74, 6) is 0.808. The van der Waals surface area contributed by atoms with Crippen molar-refractivity contribution >= 4 is 0 Å². The molecule has 0 atom stereocenters. The fourth-order valence-electron chi connectivity index (χ4n) is 2.10. The molecule has 0 unspecified atom stereocenters. The quantitative estimate of drug-likeness (QED) is 0.253. The Kier molecular flexibility index (Phi) is 14.1. The van der Waals surface area contributed by atoms with Gasteiger partial charge in [0.25, 0.3) is 0 Å². The van der Waals surface area contributed by atoms with Crippen molar-refractivity contribution in [1.29, 1.82) is 0 Å². The van der Waals surface area contributed by atoms with Crippen LogP contribution in [0, 0.1) is 5.92 Å². The molecule has 0 aliphatic carbocycles. The van der Waals surface area contributed by atoms with Crippen LogP contribution in [0.4, 0.5) is 0 Å². The Bertz CT molecular complexity index is 188. The molecule has 0 aliphatic heterocycles. The van der Waals surface area contributed by atoms with E-state index in [1.54, 1.807) is 0 Å². The lowest BCUT2D eigenvalue weighted by Crippen LogP contribution is -1.82. The largest absolute Gasteiger partial charge is 0.103 e. The Hall–Kier alpha value is -0.520. The van der Waals surface area contributed by atoms with Crippen molar-refractivity contribution in [3.05, 3.63) is 24.8 Å². The van der Waals surface area contributed by atoms with E-state index in [2.05, 4.69) is 32.6 Å². The second kappa shape index (κ2) is 14.5. The monoisotopic (exact) mass is 250 g/mol. The number of rotatable bonds is 13. The first kappa shape index (κ1) is 17.5. The van der Waals surface area contributed by atoms with Gasteiger partial charge in [-0.15, -0.1) is 6.58 Å². The second-order valence-electron chi connectivity index (χ2n) is 5.80. The van der Waals surface area contributed by atoms with Crippen LogP contribution in [0.15, 0.2) is 24.8 Å². The van der Waals surface area contributed by atoms with Crippen LogP contribution in [0.5, 0.6) is 0 Å². The Morgan fingerprint density at radius 1 is 0.722 bits per heavy atom. The normalized spacial score (nSPS) is 11.5. The summed E-state index contributed by atoms with van der Waals surface area (Å²) in [4.78, 5) is 0. The lowest BCUT2D eigenvalue weighted by atomic mass is 10.1. The molecule has 0 spiro atoms. The fourth-order valence-corrected chi connectivity index (χ4v) is 2.10. The molecule has 0 heteroatoms. The molecule has 0 bridgehead atoms. The van der Waals surface area contributed by atoms with Crippen LogP contribution in [-0.4, -0.2) is 0 Å². The molecule has 0 heterocycles. The van der Waals surface area contributed by atoms with Crippen molar-refractivity contribution in [2.45, 2.75) is 84.5 Å². The van der Waals surface area contributed by atoms with Gasteiger partial charge in [-0.25, -0.2) is 0 Å². The van der Waals surface area contributed by atoms with E-state index in [1.165, 1.54) is 70.6 Å². The minimum atomic E-state index is 0.808. The summed E-state index contributed by atoms with van der Waals surface area (Å²) >= 11 is 0. The summed E-state index contributed by atoms with van der Waals surface area (Å²) in [6.07, 6.45) is 21.7. The zero-order valence-electron chi connectivity index (χ0n) is 12.8. The van der Waals surface area contributed by atoms with Gasteiger partial charge in [0.1, 0.15) is 0 Å². The maximum absolute atomic E-state index is 3.75. The minimum absolute atomic E-state index is 0.808. The van der Waals surface area contributed by atoms with Gasteiger partial charge < -0.3 is 0 Å². The molecule has 0 aromatic carbocycles. The van der Waals surface area contributed by atoms with E-state index in [-0.39, 0.29) is 0 Å². The molecule has 106 valence electrons. The standard InChI is InChI=1S/C18H34/c1-4-5-6-7-8-9-10-11-12-13-14-15-16-17-18(2)3/h4,15-16,18H,1,5-14,17H2,2-3H3. The van der Waals surface area contributed by atoms with Crippen molar-refractivity contribution in [2.24, 2.45) is 5.92 Å². The zero-order chi connectivity index (χ0) is 13.5. The van der Waals surface area contributed by atoms with Crippen molar-refractivity contribution < 1.29 is 0 Å². The number of unbranched alkanes of at least 4 members (excludes halogenated alkanes) is 9. The van der Waals surface area contributed by atoms with Gasteiger partial charge in [0.2, 0.25) is 0 Å². The van der Waals surface area contributed by atoms with E-state index in [4.69, 9.17) is 0 Å². The molecule has 0 amide bonds. The predicted octanol–water partition coefficient (Wildman–Crippen LogP) is 6.68. The van der Waals surface area contributed by atoms with Crippen LogP contribution in [0.3, 0.4) is 0 Å². The Balaban J connectivity index is 3.03. The molecule has 0 saturated carbocycles. The highest BCUT2D eigenvalue weighted by atomic mass is 14.0. The third-order valence-electron chi connectivity index (χ3n) is 3.30. The van der Waals surface area contributed by atoms with Crippen molar-refractivity contribution in [1.82, 2.24) is 0 Å². The first-order valence-corrected chi connectivity index (χ1v) is 8.03. The minimum Gasteiger partial charge on any atom is -0.103 e. The smallest absolute Gasteiger partial charge is 0.0327 e. The molecule has 0 nitrogen and oxygen atoms in total. The van der Waals surface area contributed by atoms with Crippen LogP contribution < -0.4 is 0 Å². The first-order chi connectivity index (χ1) is 8.77. The maximum Gasteiger partial charge on any atom is -0.0327 e. The number of allylic oxidation sites excluding steroid dienone is 3. The van der Waals surface area contributed by atoms with Crippen LogP contribution in [0.1, 0.15) is 84.5 Å². The third kappa shape index (κ3) is 15.5. The van der Waals surface area contributed by atoms with Gasteiger partial charge in [0.15, 0.2) is 0 Å². The molecule has 0 saturated heterocycles. The summed E-state index contributed by atoms with van der Waals surface area (Å²) in [7, 11) is 0. The van der Waals surface area contributed by atoms with E-state index >= 15 is 0 Å².